The van der Waals surface area contributed by atoms with Crippen molar-refractivity contribution in [3.63, 3.8) is 0 Å². The first kappa shape index (κ1) is 9.65. The average molecular weight is 197 g/mol. The number of aromatic nitrogens is 2. The summed E-state index contributed by atoms with van der Waals surface area (Å²) in [5.74, 6) is 0.830. The molecule has 1 fully saturated rings. The smallest absolute Gasteiger partial charge is 0.130 e. The van der Waals surface area contributed by atoms with Crippen LogP contribution in [0.2, 0.25) is 0 Å². The monoisotopic (exact) mass is 197 g/mol. The van der Waals surface area contributed by atoms with Crippen molar-refractivity contribution in [1.29, 1.82) is 0 Å². The third-order valence-electron chi connectivity index (χ3n) is 2.82. The molecular weight excluding hydrogens is 181 g/mol. The Morgan fingerprint density at radius 1 is 1.71 bits per heavy atom. The molecule has 1 N–H and O–H groups in total. The molecule has 1 aliphatic heterocycles. The molecule has 4 heteroatoms. The zero-order chi connectivity index (χ0) is 10.0. The normalized spacial score (nSPS) is 27.9. The molecule has 0 bridgehead atoms. The van der Waals surface area contributed by atoms with Crippen LogP contribution in [0.25, 0.3) is 0 Å². The minimum atomic E-state index is -1.10. The molecule has 2 rings (SSSR count). The molecule has 1 aromatic heterocycles. The van der Waals surface area contributed by atoms with E-state index in [-0.39, 0.29) is 0 Å². The van der Waals surface area contributed by atoms with Gasteiger partial charge in [-0.15, -0.1) is 0 Å². The summed E-state index contributed by atoms with van der Waals surface area (Å²) in [7, 11) is 1.90. The third-order valence-corrected chi connectivity index (χ3v) is 2.82. The molecule has 0 aromatic carbocycles. The van der Waals surface area contributed by atoms with Crippen LogP contribution in [0, 0.1) is 0 Å². The van der Waals surface area contributed by atoms with Gasteiger partial charge in [-0.25, -0.2) is 9.37 Å². The van der Waals surface area contributed by atoms with Crippen LogP contribution in [0.3, 0.4) is 0 Å². The van der Waals surface area contributed by atoms with Crippen LogP contribution in [-0.4, -0.2) is 28.3 Å². The van der Waals surface area contributed by atoms with Crippen molar-refractivity contribution in [2.45, 2.75) is 24.9 Å². The lowest BCUT2D eigenvalue weighted by atomic mass is 9.92. The first-order valence-corrected chi connectivity index (χ1v) is 5.05. The van der Waals surface area contributed by atoms with Gasteiger partial charge in [0.2, 0.25) is 0 Å². The molecule has 0 saturated carbocycles. The van der Waals surface area contributed by atoms with E-state index in [9.17, 15) is 4.39 Å². The maximum atomic E-state index is 14.2. The van der Waals surface area contributed by atoms with Gasteiger partial charge in [0.05, 0.1) is 0 Å². The molecule has 3 nitrogen and oxygen atoms in total. The molecule has 0 spiro atoms. The Morgan fingerprint density at radius 3 is 3.14 bits per heavy atom. The predicted octanol–water partition coefficient (Wildman–Crippen LogP) is 1.05. The number of halogens is 1. The van der Waals surface area contributed by atoms with Crippen molar-refractivity contribution in [2.24, 2.45) is 7.05 Å². The fourth-order valence-electron chi connectivity index (χ4n) is 1.93. The third kappa shape index (κ3) is 1.95. The van der Waals surface area contributed by atoms with Crippen LogP contribution < -0.4 is 5.32 Å². The molecule has 78 valence electrons. The van der Waals surface area contributed by atoms with Crippen molar-refractivity contribution in [3.8, 4) is 0 Å². The quantitative estimate of drug-likeness (QED) is 0.768. The van der Waals surface area contributed by atoms with Gasteiger partial charge in [0.25, 0.3) is 0 Å². The average Bonchev–Trinajstić information content (AvgIpc) is 2.52. The molecule has 1 saturated heterocycles. The van der Waals surface area contributed by atoms with Gasteiger partial charge in [-0.3, -0.25) is 0 Å². The second kappa shape index (κ2) is 3.69. The van der Waals surface area contributed by atoms with Crippen LogP contribution in [0.1, 0.15) is 18.7 Å². The highest BCUT2D eigenvalue weighted by atomic mass is 19.1. The highest BCUT2D eigenvalue weighted by Gasteiger charge is 2.32. The Balaban J connectivity index is 2.05. The molecule has 1 aromatic rings. The number of nitrogens with one attached hydrogen (secondary N) is 1. The summed E-state index contributed by atoms with van der Waals surface area (Å²) in [6, 6.07) is 0. The molecule has 1 aliphatic rings. The Morgan fingerprint density at radius 2 is 2.57 bits per heavy atom. The van der Waals surface area contributed by atoms with Gasteiger partial charge in [-0.1, -0.05) is 0 Å². The number of imidazole rings is 1. The van der Waals surface area contributed by atoms with Gasteiger partial charge in [-0.2, -0.15) is 0 Å². The van der Waals surface area contributed by atoms with E-state index in [0.29, 0.717) is 19.4 Å². The van der Waals surface area contributed by atoms with Gasteiger partial charge in [0.15, 0.2) is 0 Å². The van der Waals surface area contributed by atoms with Crippen molar-refractivity contribution in [1.82, 2.24) is 14.9 Å². The number of alkyl halides is 1. The van der Waals surface area contributed by atoms with Crippen LogP contribution >= 0.6 is 0 Å². The second-order valence-corrected chi connectivity index (χ2v) is 4.06. The van der Waals surface area contributed by atoms with Gasteiger partial charge in [0, 0.05) is 32.4 Å². The SMILES string of the molecule is Cn1ccnc1CC1(F)CCCNC1. The fourth-order valence-corrected chi connectivity index (χ4v) is 1.93. The summed E-state index contributed by atoms with van der Waals surface area (Å²) < 4.78 is 16.1. The highest BCUT2D eigenvalue weighted by Crippen LogP contribution is 2.24. The zero-order valence-electron chi connectivity index (χ0n) is 8.46. The molecule has 2 heterocycles. The van der Waals surface area contributed by atoms with Crippen molar-refractivity contribution in [3.05, 3.63) is 18.2 Å². The zero-order valence-corrected chi connectivity index (χ0v) is 8.46. The molecule has 1 atom stereocenters. The van der Waals surface area contributed by atoms with Gasteiger partial charge < -0.3 is 9.88 Å². The number of hydrogen-bond donors (Lipinski definition) is 1. The first-order valence-electron chi connectivity index (χ1n) is 5.05. The first-order chi connectivity index (χ1) is 6.70. The summed E-state index contributed by atoms with van der Waals surface area (Å²) in [5, 5.41) is 3.10. The van der Waals surface area contributed by atoms with E-state index in [1.165, 1.54) is 0 Å². The number of hydrogen-bond acceptors (Lipinski definition) is 2. The van der Waals surface area contributed by atoms with E-state index in [1.54, 1.807) is 6.20 Å². The van der Waals surface area contributed by atoms with Gasteiger partial charge in [-0.05, 0) is 19.4 Å². The number of rotatable bonds is 2. The number of nitrogens with zero attached hydrogens (tertiary/aromatic N) is 2. The minimum absolute atomic E-state index is 0.420. The lowest BCUT2D eigenvalue weighted by molar-refractivity contribution is 0.119. The molecule has 0 amide bonds. The Labute approximate surface area is 83.3 Å². The Hall–Kier alpha value is -0.900. The summed E-state index contributed by atoms with van der Waals surface area (Å²) in [6.45, 7) is 1.39. The molecule has 0 aliphatic carbocycles. The topological polar surface area (TPSA) is 29.9 Å². The number of piperidine rings is 1. The van der Waals surface area contributed by atoms with Gasteiger partial charge in [0.1, 0.15) is 11.5 Å². The van der Waals surface area contributed by atoms with Crippen LogP contribution in [0.5, 0.6) is 0 Å². The molecule has 14 heavy (non-hydrogen) atoms. The van der Waals surface area contributed by atoms with E-state index in [0.717, 1.165) is 18.8 Å². The largest absolute Gasteiger partial charge is 0.338 e. The lowest BCUT2D eigenvalue weighted by Gasteiger charge is -2.29. The van der Waals surface area contributed by atoms with Crippen molar-refractivity contribution < 1.29 is 4.39 Å². The summed E-state index contributed by atoms with van der Waals surface area (Å²) in [6.07, 6.45) is 5.56. The van der Waals surface area contributed by atoms with E-state index >= 15 is 0 Å². The van der Waals surface area contributed by atoms with E-state index in [4.69, 9.17) is 0 Å². The van der Waals surface area contributed by atoms with E-state index < -0.39 is 5.67 Å². The summed E-state index contributed by atoms with van der Waals surface area (Å²) in [4.78, 5) is 4.15. The molecule has 0 radical (unpaired) electrons. The highest BCUT2D eigenvalue weighted by molar-refractivity contribution is 5.00. The predicted molar refractivity (Wildman–Crippen MR) is 52.9 cm³/mol. The van der Waals surface area contributed by atoms with Crippen molar-refractivity contribution >= 4 is 0 Å². The fraction of sp³-hybridized carbons (Fsp3) is 0.700. The molecular formula is C10H16FN3. The Kier molecular flexibility index (Phi) is 2.54. The van der Waals surface area contributed by atoms with Crippen LogP contribution in [-0.2, 0) is 13.5 Å². The maximum Gasteiger partial charge on any atom is 0.130 e. The maximum absolute atomic E-state index is 14.2. The standard InChI is InChI=1S/C10H16FN3/c1-14-6-5-13-9(14)7-10(11)3-2-4-12-8-10/h5-6,12H,2-4,7-8H2,1H3. The lowest BCUT2D eigenvalue weighted by Crippen LogP contribution is -2.44. The summed E-state index contributed by atoms with van der Waals surface area (Å²) in [5.41, 5.74) is -1.10. The van der Waals surface area contributed by atoms with Crippen LogP contribution in [0.15, 0.2) is 12.4 Å². The van der Waals surface area contributed by atoms with E-state index in [1.807, 2.05) is 17.8 Å². The molecule has 1 unspecified atom stereocenters. The summed E-state index contributed by atoms with van der Waals surface area (Å²) >= 11 is 0. The Bertz CT molecular complexity index is 302. The minimum Gasteiger partial charge on any atom is -0.338 e. The second-order valence-electron chi connectivity index (χ2n) is 4.06. The van der Waals surface area contributed by atoms with Crippen LogP contribution in [0.4, 0.5) is 4.39 Å². The van der Waals surface area contributed by atoms with Gasteiger partial charge >= 0.3 is 0 Å². The van der Waals surface area contributed by atoms with E-state index in [2.05, 4.69) is 10.3 Å². The van der Waals surface area contributed by atoms with Crippen molar-refractivity contribution in [2.75, 3.05) is 13.1 Å². The number of aryl methyl sites for hydroxylation is 1.